The molecule has 0 aliphatic heterocycles. The number of aromatic nitrogens is 2. The molecule has 1 aliphatic carbocycles. The highest BCUT2D eigenvalue weighted by Crippen LogP contribution is 2.28. The molecule has 2 amide bonds. The molecule has 8 nitrogen and oxygen atoms in total. The lowest BCUT2D eigenvalue weighted by Gasteiger charge is -2.20. The molecule has 2 heterocycles. The molecule has 146 valence electrons. The van der Waals surface area contributed by atoms with Crippen molar-refractivity contribution in [1.82, 2.24) is 20.4 Å². The summed E-state index contributed by atoms with van der Waals surface area (Å²) in [5, 5.41) is 18.0. The number of carbonyl (C=O) groups is 2. The third-order valence-corrected chi connectivity index (χ3v) is 5.28. The predicted molar refractivity (Wildman–Crippen MR) is 101 cm³/mol. The fourth-order valence-corrected chi connectivity index (χ4v) is 3.77. The number of fused-ring (bicyclic) bond motifs is 1. The van der Waals surface area contributed by atoms with E-state index in [1.54, 1.807) is 30.1 Å². The molecule has 1 fully saturated rings. The van der Waals surface area contributed by atoms with Gasteiger partial charge in [-0.25, -0.2) is 0 Å². The Bertz CT molecular complexity index is 981. The van der Waals surface area contributed by atoms with Crippen molar-refractivity contribution in [3.63, 3.8) is 0 Å². The van der Waals surface area contributed by atoms with Crippen LogP contribution < -0.4 is 5.32 Å². The average molecular weight is 382 g/mol. The van der Waals surface area contributed by atoms with Crippen molar-refractivity contribution in [1.29, 1.82) is 0 Å². The molecule has 2 aromatic heterocycles. The molecule has 0 spiro atoms. The summed E-state index contributed by atoms with van der Waals surface area (Å²) in [5.41, 5.74) is 2.15. The van der Waals surface area contributed by atoms with Crippen LogP contribution in [0.1, 0.15) is 28.9 Å². The first-order chi connectivity index (χ1) is 13.5. The van der Waals surface area contributed by atoms with E-state index in [0.717, 1.165) is 10.9 Å². The summed E-state index contributed by atoms with van der Waals surface area (Å²) in [6.45, 7) is 0.343. The van der Waals surface area contributed by atoms with Gasteiger partial charge >= 0.3 is 0 Å². The maximum absolute atomic E-state index is 12.7. The van der Waals surface area contributed by atoms with E-state index in [1.165, 1.54) is 6.26 Å². The molecule has 0 saturated heterocycles. The Morgan fingerprint density at radius 1 is 1.32 bits per heavy atom. The van der Waals surface area contributed by atoms with Crippen LogP contribution in [0.5, 0.6) is 0 Å². The SMILES string of the molecule is CN(Cc1ccon1)C(=O)[C@H]1C[C@H](NC(=O)c2ccc3[nH]ccc3c2)[C@@H](O)C1. The first-order valence-corrected chi connectivity index (χ1v) is 9.21. The monoisotopic (exact) mass is 382 g/mol. The van der Waals surface area contributed by atoms with Gasteiger partial charge in [0.15, 0.2) is 0 Å². The Morgan fingerprint density at radius 2 is 2.18 bits per heavy atom. The second-order valence-corrected chi connectivity index (χ2v) is 7.28. The van der Waals surface area contributed by atoms with E-state index in [0.29, 0.717) is 30.6 Å². The van der Waals surface area contributed by atoms with Gasteiger partial charge in [-0.2, -0.15) is 0 Å². The molecule has 3 aromatic rings. The minimum absolute atomic E-state index is 0.0764. The summed E-state index contributed by atoms with van der Waals surface area (Å²) in [4.78, 5) is 29.9. The van der Waals surface area contributed by atoms with Crippen molar-refractivity contribution in [2.24, 2.45) is 5.92 Å². The number of benzene rings is 1. The normalized spacial score (nSPS) is 21.7. The van der Waals surface area contributed by atoms with Crippen LogP contribution in [-0.2, 0) is 11.3 Å². The highest BCUT2D eigenvalue weighted by molar-refractivity contribution is 5.98. The third-order valence-electron chi connectivity index (χ3n) is 5.28. The number of rotatable bonds is 5. The molecule has 1 aromatic carbocycles. The van der Waals surface area contributed by atoms with Crippen molar-refractivity contribution >= 4 is 22.7 Å². The summed E-state index contributed by atoms with van der Waals surface area (Å²) < 4.78 is 4.78. The lowest BCUT2D eigenvalue weighted by atomic mass is 10.1. The predicted octanol–water partition coefficient (Wildman–Crippen LogP) is 1.68. The number of nitrogens with one attached hydrogen (secondary N) is 2. The Balaban J connectivity index is 1.37. The molecule has 1 saturated carbocycles. The molecule has 3 atom stereocenters. The number of hydrogen-bond donors (Lipinski definition) is 3. The van der Waals surface area contributed by atoms with Gasteiger partial charge in [-0.15, -0.1) is 0 Å². The molecule has 8 heteroatoms. The van der Waals surface area contributed by atoms with E-state index < -0.39 is 12.1 Å². The maximum Gasteiger partial charge on any atom is 0.251 e. The van der Waals surface area contributed by atoms with E-state index in [4.69, 9.17) is 4.52 Å². The van der Waals surface area contributed by atoms with Gasteiger partial charge in [-0.05, 0) is 37.1 Å². The van der Waals surface area contributed by atoms with Gasteiger partial charge < -0.3 is 24.8 Å². The van der Waals surface area contributed by atoms with Gasteiger partial charge in [0.05, 0.1) is 18.7 Å². The molecule has 0 bridgehead atoms. The number of aliphatic hydroxyl groups is 1. The second kappa shape index (κ2) is 7.47. The molecule has 3 N–H and O–H groups in total. The van der Waals surface area contributed by atoms with Gasteiger partial charge in [0.1, 0.15) is 12.0 Å². The average Bonchev–Trinajstić information content (AvgIpc) is 3.42. The van der Waals surface area contributed by atoms with E-state index >= 15 is 0 Å². The number of hydrogen-bond acceptors (Lipinski definition) is 5. The number of carbonyl (C=O) groups excluding carboxylic acids is 2. The van der Waals surface area contributed by atoms with Gasteiger partial charge in [-0.3, -0.25) is 9.59 Å². The van der Waals surface area contributed by atoms with Crippen molar-refractivity contribution in [2.45, 2.75) is 31.5 Å². The van der Waals surface area contributed by atoms with Crippen LogP contribution >= 0.6 is 0 Å². The number of aliphatic hydroxyl groups excluding tert-OH is 1. The second-order valence-electron chi connectivity index (χ2n) is 7.28. The fourth-order valence-electron chi connectivity index (χ4n) is 3.77. The zero-order chi connectivity index (χ0) is 19.7. The summed E-state index contributed by atoms with van der Waals surface area (Å²) >= 11 is 0. The third kappa shape index (κ3) is 3.63. The molecule has 0 radical (unpaired) electrons. The van der Waals surface area contributed by atoms with Crippen molar-refractivity contribution < 1.29 is 19.2 Å². The fraction of sp³-hybridized carbons (Fsp3) is 0.350. The van der Waals surface area contributed by atoms with Gasteiger partial charge in [0, 0.05) is 41.7 Å². The molecule has 0 unspecified atom stereocenters. The highest BCUT2D eigenvalue weighted by Gasteiger charge is 2.39. The lowest BCUT2D eigenvalue weighted by molar-refractivity contribution is -0.134. The largest absolute Gasteiger partial charge is 0.391 e. The van der Waals surface area contributed by atoms with E-state index in [9.17, 15) is 14.7 Å². The topological polar surface area (TPSA) is 111 Å². The Labute approximate surface area is 161 Å². The Kier molecular flexibility index (Phi) is 4.87. The maximum atomic E-state index is 12.7. The Hall–Kier alpha value is -3.13. The summed E-state index contributed by atoms with van der Waals surface area (Å²) in [6.07, 6.45) is 3.25. The quantitative estimate of drug-likeness (QED) is 0.622. The first-order valence-electron chi connectivity index (χ1n) is 9.21. The van der Waals surface area contributed by atoms with Gasteiger partial charge in [-0.1, -0.05) is 5.16 Å². The number of aromatic amines is 1. The lowest BCUT2D eigenvalue weighted by Crippen LogP contribution is -2.40. The van der Waals surface area contributed by atoms with Crippen LogP contribution in [0.15, 0.2) is 47.3 Å². The van der Waals surface area contributed by atoms with Crippen LogP contribution in [0.3, 0.4) is 0 Å². The zero-order valence-electron chi connectivity index (χ0n) is 15.5. The smallest absolute Gasteiger partial charge is 0.251 e. The number of nitrogens with zero attached hydrogens (tertiary/aromatic N) is 2. The molecular formula is C20H22N4O4. The van der Waals surface area contributed by atoms with E-state index in [1.807, 2.05) is 18.3 Å². The van der Waals surface area contributed by atoms with E-state index in [2.05, 4.69) is 15.5 Å². The Morgan fingerprint density at radius 3 is 2.96 bits per heavy atom. The van der Waals surface area contributed by atoms with Crippen molar-refractivity contribution in [2.75, 3.05) is 7.05 Å². The highest BCUT2D eigenvalue weighted by atomic mass is 16.5. The summed E-state index contributed by atoms with van der Waals surface area (Å²) in [5.74, 6) is -0.673. The van der Waals surface area contributed by atoms with Gasteiger partial charge in [0.25, 0.3) is 5.91 Å². The van der Waals surface area contributed by atoms with Crippen LogP contribution in [0.4, 0.5) is 0 Å². The minimum Gasteiger partial charge on any atom is -0.391 e. The van der Waals surface area contributed by atoms with E-state index in [-0.39, 0.29) is 17.7 Å². The van der Waals surface area contributed by atoms with Crippen molar-refractivity contribution in [3.05, 3.63) is 54.0 Å². The number of H-pyrrole nitrogens is 1. The van der Waals surface area contributed by atoms with Crippen molar-refractivity contribution in [3.8, 4) is 0 Å². The van der Waals surface area contributed by atoms with Crippen LogP contribution in [0, 0.1) is 5.92 Å². The molecule has 1 aliphatic rings. The van der Waals surface area contributed by atoms with Gasteiger partial charge in [0.2, 0.25) is 5.91 Å². The summed E-state index contributed by atoms with van der Waals surface area (Å²) in [6, 6.07) is 8.54. The number of amides is 2. The first kappa shape index (κ1) is 18.2. The standard InChI is InChI=1S/C20H22N4O4/c1-24(11-15-5-7-28-23-15)20(27)14-9-17(18(25)10-14)22-19(26)13-2-3-16-12(8-13)4-6-21-16/h2-8,14,17-18,21,25H,9-11H2,1H3,(H,22,26)/t14-,17-,18-/m0/s1. The zero-order valence-corrected chi connectivity index (χ0v) is 15.5. The molecular weight excluding hydrogens is 360 g/mol. The molecule has 28 heavy (non-hydrogen) atoms. The van der Waals surface area contributed by atoms with Crippen LogP contribution in [-0.4, -0.2) is 51.2 Å². The van der Waals surface area contributed by atoms with Crippen LogP contribution in [0.2, 0.25) is 0 Å². The van der Waals surface area contributed by atoms with Crippen LogP contribution in [0.25, 0.3) is 10.9 Å². The minimum atomic E-state index is -0.755. The molecule has 4 rings (SSSR count). The summed E-state index contributed by atoms with van der Waals surface area (Å²) in [7, 11) is 1.70.